The van der Waals surface area contributed by atoms with Gasteiger partial charge in [-0.1, -0.05) is 29.8 Å². The number of benzene rings is 1. The monoisotopic (exact) mass is 337 g/mol. The zero-order valence-corrected chi connectivity index (χ0v) is 14.4. The smallest absolute Gasteiger partial charge is 0.222 e. The van der Waals surface area contributed by atoms with Gasteiger partial charge < -0.3 is 9.64 Å². The summed E-state index contributed by atoms with van der Waals surface area (Å²) in [5, 5.41) is 0. The van der Waals surface area contributed by atoms with Crippen LogP contribution in [-0.4, -0.2) is 24.5 Å². The van der Waals surface area contributed by atoms with Crippen LogP contribution < -0.4 is 4.74 Å². The first-order valence-electron chi connectivity index (χ1n) is 7.23. The number of para-hydroxylation sites is 1. The Hall–Kier alpha value is -1.52. The van der Waals surface area contributed by atoms with E-state index in [-0.39, 0.29) is 5.91 Å². The van der Waals surface area contributed by atoms with Gasteiger partial charge in [-0.2, -0.15) is 0 Å². The van der Waals surface area contributed by atoms with Crippen LogP contribution in [0.2, 0.25) is 4.34 Å². The second kappa shape index (κ2) is 8.20. The highest BCUT2D eigenvalue weighted by molar-refractivity contribution is 7.16. The van der Waals surface area contributed by atoms with Crippen molar-refractivity contribution >= 4 is 28.8 Å². The zero-order valence-electron chi connectivity index (χ0n) is 12.8. The molecule has 118 valence electrons. The summed E-state index contributed by atoms with van der Waals surface area (Å²) in [5.41, 5.74) is 1.11. The van der Waals surface area contributed by atoms with Crippen LogP contribution in [0.3, 0.4) is 0 Å². The Labute approximate surface area is 140 Å². The van der Waals surface area contributed by atoms with Crippen LogP contribution in [0.4, 0.5) is 0 Å². The number of hydrogen-bond donors (Lipinski definition) is 0. The molecule has 0 fully saturated rings. The molecule has 0 atom stereocenters. The topological polar surface area (TPSA) is 29.5 Å². The zero-order chi connectivity index (χ0) is 15.9. The molecule has 1 heterocycles. The number of amides is 1. The normalized spacial score (nSPS) is 10.5. The lowest BCUT2D eigenvalue weighted by Gasteiger charge is -2.16. The second-order valence-corrected chi connectivity index (χ2v) is 6.97. The SMILES string of the molecule is Cc1ccccc1OCCCC(=O)N(C)Cc1ccc(Cl)s1. The second-order valence-electron chi connectivity index (χ2n) is 5.17. The largest absolute Gasteiger partial charge is 0.493 e. The molecule has 0 unspecified atom stereocenters. The molecule has 0 N–H and O–H groups in total. The fraction of sp³-hybridized carbons (Fsp3) is 0.353. The van der Waals surface area contributed by atoms with Crippen molar-refractivity contribution in [3.63, 3.8) is 0 Å². The maximum absolute atomic E-state index is 12.1. The van der Waals surface area contributed by atoms with Crippen LogP contribution in [0.1, 0.15) is 23.3 Å². The van der Waals surface area contributed by atoms with Gasteiger partial charge >= 0.3 is 0 Å². The van der Waals surface area contributed by atoms with E-state index < -0.39 is 0 Å². The Kier molecular flexibility index (Phi) is 6.28. The summed E-state index contributed by atoms with van der Waals surface area (Å²) in [6.45, 7) is 3.17. The van der Waals surface area contributed by atoms with Gasteiger partial charge in [0, 0.05) is 18.3 Å². The van der Waals surface area contributed by atoms with Gasteiger partial charge in [0.05, 0.1) is 17.5 Å². The third kappa shape index (κ3) is 5.04. The molecule has 2 aromatic rings. The number of halogens is 1. The van der Waals surface area contributed by atoms with E-state index in [1.165, 1.54) is 11.3 Å². The van der Waals surface area contributed by atoms with Gasteiger partial charge in [-0.05, 0) is 37.1 Å². The lowest BCUT2D eigenvalue weighted by Crippen LogP contribution is -2.25. The maximum Gasteiger partial charge on any atom is 0.222 e. The Morgan fingerprint density at radius 2 is 2.05 bits per heavy atom. The van der Waals surface area contributed by atoms with E-state index in [0.29, 0.717) is 26.0 Å². The quantitative estimate of drug-likeness (QED) is 0.695. The molecule has 0 saturated heterocycles. The van der Waals surface area contributed by atoms with Gasteiger partial charge in [-0.25, -0.2) is 0 Å². The third-order valence-electron chi connectivity index (χ3n) is 3.33. The standard InChI is InChI=1S/C17H20ClNO2S/c1-13-6-3-4-7-15(13)21-11-5-8-17(20)19(2)12-14-9-10-16(18)22-14/h3-4,6-7,9-10H,5,8,11-12H2,1-2H3. The molecule has 0 saturated carbocycles. The first-order valence-corrected chi connectivity index (χ1v) is 8.42. The molecule has 2 rings (SSSR count). The molecule has 5 heteroatoms. The Bertz CT molecular complexity index is 627. The van der Waals surface area contributed by atoms with Gasteiger partial charge in [-0.15, -0.1) is 11.3 Å². The number of ether oxygens (including phenoxy) is 1. The van der Waals surface area contributed by atoms with Gasteiger partial charge in [0.25, 0.3) is 0 Å². The minimum atomic E-state index is 0.123. The highest BCUT2D eigenvalue weighted by atomic mass is 35.5. The van der Waals surface area contributed by atoms with Crippen LogP contribution >= 0.6 is 22.9 Å². The number of hydrogen-bond acceptors (Lipinski definition) is 3. The van der Waals surface area contributed by atoms with Crippen molar-refractivity contribution < 1.29 is 9.53 Å². The van der Waals surface area contributed by atoms with E-state index in [4.69, 9.17) is 16.3 Å². The molecule has 0 radical (unpaired) electrons. The molecule has 0 spiro atoms. The van der Waals surface area contributed by atoms with Crippen molar-refractivity contribution in [1.82, 2.24) is 4.90 Å². The lowest BCUT2D eigenvalue weighted by molar-refractivity contribution is -0.130. The van der Waals surface area contributed by atoms with Gasteiger partial charge in [-0.3, -0.25) is 4.79 Å². The number of rotatable bonds is 7. The highest BCUT2D eigenvalue weighted by Gasteiger charge is 2.10. The van der Waals surface area contributed by atoms with Crippen molar-refractivity contribution in [2.24, 2.45) is 0 Å². The molecule has 1 aromatic heterocycles. The third-order valence-corrected chi connectivity index (χ3v) is 4.55. The first-order chi connectivity index (χ1) is 10.6. The van der Waals surface area contributed by atoms with Crippen molar-refractivity contribution in [2.45, 2.75) is 26.3 Å². The van der Waals surface area contributed by atoms with E-state index in [0.717, 1.165) is 20.5 Å². The van der Waals surface area contributed by atoms with Crippen molar-refractivity contribution in [1.29, 1.82) is 0 Å². The highest BCUT2D eigenvalue weighted by Crippen LogP contribution is 2.22. The van der Waals surface area contributed by atoms with Gasteiger partial charge in [0.15, 0.2) is 0 Å². The molecular weight excluding hydrogens is 318 g/mol. The minimum absolute atomic E-state index is 0.123. The number of nitrogens with zero attached hydrogens (tertiary/aromatic N) is 1. The van der Waals surface area contributed by atoms with E-state index in [1.54, 1.807) is 4.90 Å². The molecule has 0 aliphatic rings. The average Bonchev–Trinajstić information content (AvgIpc) is 2.90. The molecule has 1 aromatic carbocycles. The van der Waals surface area contributed by atoms with E-state index in [2.05, 4.69) is 0 Å². The predicted octanol–water partition coefficient (Wildman–Crippen LogP) is 4.53. The van der Waals surface area contributed by atoms with Crippen molar-refractivity contribution in [2.75, 3.05) is 13.7 Å². The summed E-state index contributed by atoms with van der Waals surface area (Å²) in [6, 6.07) is 11.7. The van der Waals surface area contributed by atoms with E-state index in [1.807, 2.05) is 50.4 Å². The predicted molar refractivity (Wildman–Crippen MR) is 91.7 cm³/mol. The summed E-state index contributed by atoms with van der Waals surface area (Å²) < 4.78 is 6.45. The minimum Gasteiger partial charge on any atom is -0.493 e. The number of thiophene rings is 1. The van der Waals surface area contributed by atoms with E-state index >= 15 is 0 Å². The lowest BCUT2D eigenvalue weighted by atomic mass is 10.2. The summed E-state index contributed by atoms with van der Waals surface area (Å²) in [6.07, 6.45) is 1.20. The van der Waals surface area contributed by atoms with Crippen LogP contribution in [0, 0.1) is 6.92 Å². The fourth-order valence-electron chi connectivity index (χ4n) is 2.07. The molecular formula is C17H20ClNO2S. The summed E-state index contributed by atoms with van der Waals surface area (Å²) in [7, 11) is 1.82. The van der Waals surface area contributed by atoms with Crippen LogP contribution in [-0.2, 0) is 11.3 Å². The Morgan fingerprint density at radius 1 is 1.27 bits per heavy atom. The fourth-order valence-corrected chi connectivity index (χ4v) is 3.21. The molecule has 0 aliphatic heterocycles. The van der Waals surface area contributed by atoms with Gasteiger partial charge in [0.2, 0.25) is 5.91 Å². The Balaban J connectivity index is 1.70. The number of carbonyl (C=O) groups excluding carboxylic acids is 1. The van der Waals surface area contributed by atoms with Crippen molar-refractivity contribution in [3.8, 4) is 5.75 Å². The average molecular weight is 338 g/mol. The summed E-state index contributed by atoms with van der Waals surface area (Å²) in [4.78, 5) is 14.9. The van der Waals surface area contributed by atoms with Crippen LogP contribution in [0.25, 0.3) is 0 Å². The van der Waals surface area contributed by atoms with Crippen LogP contribution in [0.15, 0.2) is 36.4 Å². The molecule has 3 nitrogen and oxygen atoms in total. The van der Waals surface area contributed by atoms with Gasteiger partial charge in [0.1, 0.15) is 5.75 Å². The number of carbonyl (C=O) groups is 1. The molecule has 0 bridgehead atoms. The van der Waals surface area contributed by atoms with Crippen molar-refractivity contribution in [3.05, 3.63) is 51.2 Å². The number of aryl methyl sites for hydroxylation is 1. The first kappa shape index (κ1) is 16.8. The molecule has 22 heavy (non-hydrogen) atoms. The molecule has 0 aliphatic carbocycles. The Morgan fingerprint density at radius 3 is 2.73 bits per heavy atom. The summed E-state index contributed by atoms with van der Waals surface area (Å²) >= 11 is 7.40. The van der Waals surface area contributed by atoms with E-state index in [9.17, 15) is 4.79 Å². The summed E-state index contributed by atoms with van der Waals surface area (Å²) in [5.74, 6) is 1.01. The molecule has 1 amide bonds. The maximum atomic E-state index is 12.1. The van der Waals surface area contributed by atoms with Crippen LogP contribution in [0.5, 0.6) is 5.75 Å².